The van der Waals surface area contributed by atoms with Gasteiger partial charge in [0.15, 0.2) is 11.6 Å². The molecule has 2 fully saturated rings. The zero-order chi connectivity index (χ0) is 19.5. The number of likely N-dealkylation sites (N-methyl/N-ethyl adjacent to an activating group) is 1. The molecule has 28 heavy (non-hydrogen) atoms. The lowest BCUT2D eigenvalue weighted by Gasteiger charge is -2.44. The molecule has 1 atom stereocenters. The molecule has 0 saturated carbocycles. The molecule has 2 saturated heterocycles. The van der Waals surface area contributed by atoms with E-state index in [4.69, 9.17) is 4.74 Å². The Hall–Kier alpha value is -2.74. The van der Waals surface area contributed by atoms with E-state index in [1.54, 1.807) is 11.9 Å². The Labute approximate surface area is 163 Å². The fourth-order valence-electron chi connectivity index (χ4n) is 3.55. The summed E-state index contributed by atoms with van der Waals surface area (Å²) in [7, 11) is 1.76. The molecule has 3 heterocycles. The molecule has 7 nitrogen and oxygen atoms in total. The summed E-state index contributed by atoms with van der Waals surface area (Å²) in [5.74, 6) is -0.157. The number of hydrogen-bond acceptors (Lipinski definition) is 5. The van der Waals surface area contributed by atoms with E-state index in [1.807, 2.05) is 35.2 Å². The van der Waals surface area contributed by atoms with E-state index in [2.05, 4.69) is 15.3 Å². The predicted molar refractivity (Wildman–Crippen MR) is 104 cm³/mol. The number of carbonyl (C=O) groups excluding carboxylic acids is 1. The fraction of sp³-hybridized carbons (Fsp3) is 0.450. The van der Waals surface area contributed by atoms with Crippen molar-refractivity contribution in [3.05, 3.63) is 42.5 Å². The van der Waals surface area contributed by atoms with Gasteiger partial charge in [-0.2, -0.15) is 0 Å². The quantitative estimate of drug-likeness (QED) is 0.855. The lowest BCUT2D eigenvalue weighted by atomic mass is 10.1. The Bertz CT molecular complexity index is 823. The van der Waals surface area contributed by atoms with Gasteiger partial charge in [0.25, 0.3) is 0 Å². The minimum absolute atomic E-state index is 0.0130. The van der Waals surface area contributed by atoms with Crippen LogP contribution in [-0.4, -0.2) is 66.3 Å². The molecule has 0 radical (unpaired) electrons. The molecular formula is C20H24FN5O2. The van der Waals surface area contributed by atoms with Gasteiger partial charge in [0, 0.05) is 38.9 Å². The van der Waals surface area contributed by atoms with Gasteiger partial charge in [0.05, 0.1) is 12.1 Å². The predicted octanol–water partition coefficient (Wildman–Crippen LogP) is 2.29. The van der Waals surface area contributed by atoms with Crippen molar-refractivity contribution in [3.8, 4) is 11.3 Å². The van der Waals surface area contributed by atoms with Crippen molar-refractivity contribution < 1.29 is 13.9 Å². The Balaban J connectivity index is 1.35. The number of anilines is 1. The first-order valence-electron chi connectivity index (χ1n) is 9.56. The molecule has 1 aromatic heterocycles. The molecule has 0 spiro atoms. The first kappa shape index (κ1) is 18.6. The second kappa shape index (κ2) is 8.10. The largest absolute Gasteiger partial charge is 0.376 e. The molecular weight excluding hydrogens is 361 g/mol. The molecule has 0 aliphatic carbocycles. The Morgan fingerprint density at radius 2 is 2.11 bits per heavy atom. The van der Waals surface area contributed by atoms with Gasteiger partial charge >= 0.3 is 6.03 Å². The van der Waals surface area contributed by atoms with Crippen LogP contribution in [0.2, 0.25) is 0 Å². The third kappa shape index (κ3) is 3.77. The molecule has 2 aliphatic heterocycles. The SMILES string of the molecule is CN(C(=O)NCC1CCCO1)C1CN(c2ncnc(-c3ccccc3)c2F)C1. The highest BCUT2D eigenvalue weighted by Gasteiger charge is 2.35. The summed E-state index contributed by atoms with van der Waals surface area (Å²) >= 11 is 0. The topological polar surface area (TPSA) is 70.6 Å². The fourth-order valence-corrected chi connectivity index (χ4v) is 3.55. The minimum Gasteiger partial charge on any atom is -0.376 e. The molecule has 8 heteroatoms. The van der Waals surface area contributed by atoms with Gasteiger partial charge in [-0.05, 0) is 12.8 Å². The highest BCUT2D eigenvalue weighted by Crippen LogP contribution is 2.29. The van der Waals surface area contributed by atoms with Gasteiger partial charge in [-0.1, -0.05) is 30.3 Å². The number of nitrogens with zero attached hydrogens (tertiary/aromatic N) is 4. The minimum atomic E-state index is -0.433. The van der Waals surface area contributed by atoms with E-state index in [0.29, 0.717) is 25.2 Å². The molecule has 2 aliphatic rings. The number of ether oxygens (including phenoxy) is 1. The average molecular weight is 385 g/mol. The van der Waals surface area contributed by atoms with Crippen LogP contribution < -0.4 is 10.2 Å². The molecule has 2 aromatic rings. The zero-order valence-electron chi connectivity index (χ0n) is 15.8. The van der Waals surface area contributed by atoms with Crippen molar-refractivity contribution in [3.63, 3.8) is 0 Å². The third-order valence-corrected chi connectivity index (χ3v) is 5.35. The van der Waals surface area contributed by atoms with Crippen molar-refractivity contribution in [2.75, 3.05) is 38.2 Å². The Morgan fingerprint density at radius 1 is 1.32 bits per heavy atom. The number of amides is 2. The van der Waals surface area contributed by atoms with E-state index in [-0.39, 0.29) is 29.7 Å². The van der Waals surface area contributed by atoms with Gasteiger partial charge in [-0.25, -0.2) is 19.2 Å². The molecule has 1 N–H and O–H groups in total. The van der Waals surface area contributed by atoms with Crippen LogP contribution in [0.15, 0.2) is 36.7 Å². The molecule has 0 bridgehead atoms. The summed E-state index contributed by atoms with van der Waals surface area (Å²) in [6, 6.07) is 9.09. The first-order valence-corrected chi connectivity index (χ1v) is 9.56. The van der Waals surface area contributed by atoms with Crippen LogP contribution in [0.25, 0.3) is 11.3 Å². The van der Waals surface area contributed by atoms with Crippen molar-refractivity contribution in [1.29, 1.82) is 0 Å². The summed E-state index contributed by atoms with van der Waals surface area (Å²) in [6.07, 6.45) is 3.52. The van der Waals surface area contributed by atoms with Gasteiger partial charge < -0.3 is 19.9 Å². The third-order valence-electron chi connectivity index (χ3n) is 5.35. The molecule has 1 unspecified atom stereocenters. The van der Waals surface area contributed by atoms with Crippen LogP contribution in [0.3, 0.4) is 0 Å². The highest BCUT2D eigenvalue weighted by molar-refractivity contribution is 5.75. The number of aromatic nitrogens is 2. The smallest absolute Gasteiger partial charge is 0.317 e. The summed E-state index contributed by atoms with van der Waals surface area (Å²) in [5, 5.41) is 2.91. The van der Waals surface area contributed by atoms with Gasteiger partial charge in [0.1, 0.15) is 12.0 Å². The van der Waals surface area contributed by atoms with Crippen LogP contribution in [0.5, 0.6) is 0 Å². The standard InChI is InChI=1S/C20H24FN5O2/c1-25(20(27)22-10-16-8-5-9-28-16)15-11-26(12-15)19-17(21)18(23-13-24-19)14-6-3-2-4-7-14/h2-4,6-7,13,15-16H,5,8-12H2,1H3,(H,22,27). The van der Waals surface area contributed by atoms with E-state index in [0.717, 1.165) is 19.4 Å². The average Bonchev–Trinajstić information content (AvgIpc) is 3.20. The number of rotatable bonds is 5. The second-order valence-corrected chi connectivity index (χ2v) is 7.22. The molecule has 1 aromatic carbocycles. The van der Waals surface area contributed by atoms with E-state index < -0.39 is 5.82 Å². The number of nitrogens with one attached hydrogen (secondary N) is 1. The molecule has 2 amide bonds. The number of halogens is 1. The number of carbonyl (C=O) groups is 1. The first-order chi connectivity index (χ1) is 13.6. The van der Waals surface area contributed by atoms with Crippen LogP contribution in [-0.2, 0) is 4.74 Å². The normalized spacial score (nSPS) is 19.4. The lowest BCUT2D eigenvalue weighted by molar-refractivity contribution is 0.107. The number of hydrogen-bond donors (Lipinski definition) is 1. The summed E-state index contributed by atoms with van der Waals surface area (Å²) in [5.41, 5.74) is 1.00. The van der Waals surface area contributed by atoms with Crippen LogP contribution in [0.4, 0.5) is 15.0 Å². The maximum atomic E-state index is 14.9. The Morgan fingerprint density at radius 3 is 2.82 bits per heavy atom. The molecule has 148 valence electrons. The van der Waals surface area contributed by atoms with Crippen molar-refractivity contribution in [2.45, 2.75) is 25.0 Å². The van der Waals surface area contributed by atoms with Crippen LogP contribution >= 0.6 is 0 Å². The number of benzene rings is 1. The zero-order valence-corrected chi connectivity index (χ0v) is 15.8. The second-order valence-electron chi connectivity index (χ2n) is 7.22. The molecule has 4 rings (SSSR count). The van der Waals surface area contributed by atoms with Gasteiger partial charge in [-0.15, -0.1) is 0 Å². The van der Waals surface area contributed by atoms with Crippen LogP contribution in [0.1, 0.15) is 12.8 Å². The van der Waals surface area contributed by atoms with E-state index >= 15 is 0 Å². The van der Waals surface area contributed by atoms with Gasteiger partial charge in [-0.3, -0.25) is 0 Å². The monoisotopic (exact) mass is 385 g/mol. The summed E-state index contributed by atoms with van der Waals surface area (Å²) < 4.78 is 20.5. The van der Waals surface area contributed by atoms with Crippen LogP contribution in [0, 0.1) is 5.82 Å². The lowest BCUT2D eigenvalue weighted by Crippen LogP contribution is -2.62. The number of urea groups is 1. The highest BCUT2D eigenvalue weighted by atomic mass is 19.1. The summed E-state index contributed by atoms with van der Waals surface area (Å²) in [4.78, 5) is 24.0. The summed E-state index contributed by atoms with van der Waals surface area (Å²) in [6.45, 7) is 2.36. The van der Waals surface area contributed by atoms with Crippen molar-refractivity contribution in [2.24, 2.45) is 0 Å². The maximum absolute atomic E-state index is 14.9. The van der Waals surface area contributed by atoms with E-state index in [9.17, 15) is 9.18 Å². The van der Waals surface area contributed by atoms with Crippen molar-refractivity contribution >= 4 is 11.8 Å². The van der Waals surface area contributed by atoms with Crippen molar-refractivity contribution in [1.82, 2.24) is 20.2 Å². The van der Waals surface area contributed by atoms with E-state index in [1.165, 1.54) is 6.33 Å². The maximum Gasteiger partial charge on any atom is 0.317 e. The van der Waals surface area contributed by atoms with Gasteiger partial charge in [0.2, 0.25) is 0 Å². The Kier molecular flexibility index (Phi) is 5.38.